The molecule has 0 saturated heterocycles. The van der Waals surface area contributed by atoms with Gasteiger partial charge in [0, 0.05) is 40.0 Å². The van der Waals surface area contributed by atoms with Crippen molar-refractivity contribution in [2.45, 2.75) is 17.2 Å². The molecular formula is C21H19BrFNOS. The molecule has 1 N–H and O–H groups in total. The number of carbonyl (C=O) groups is 1. The van der Waals surface area contributed by atoms with E-state index < -0.39 is 0 Å². The highest BCUT2D eigenvalue weighted by molar-refractivity contribution is 9.10. The summed E-state index contributed by atoms with van der Waals surface area (Å²) < 4.78 is 14.7. The van der Waals surface area contributed by atoms with Gasteiger partial charge in [-0.1, -0.05) is 46.3 Å². The second-order valence-electron chi connectivity index (χ2n) is 6.03. The zero-order valence-electron chi connectivity index (χ0n) is 14.3. The van der Waals surface area contributed by atoms with Crippen LogP contribution >= 0.6 is 27.7 Å². The summed E-state index contributed by atoms with van der Waals surface area (Å²) in [6, 6.07) is 12.8. The Hall–Kier alpha value is -1.85. The average molecular weight is 432 g/mol. The third-order valence-electron chi connectivity index (χ3n) is 4.35. The highest BCUT2D eigenvalue weighted by atomic mass is 79.9. The molecule has 2 aromatic carbocycles. The van der Waals surface area contributed by atoms with Crippen molar-refractivity contribution in [1.82, 2.24) is 5.32 Å². The Morgan fingerprint density at radius 2 is 2.04 bits per heavy atom. The van der Waals surface area contributed by atoms with Gasteiger partial charge in [0.15, 0.2) is 5.78 Å². The Balaban J connectivity index is 1.99. The van der Waals surface area contributed by atoms with Crippen LogP contribution in [0.3, 0.4) is 0 Å². The molecule has 2 nitrogen and oxygen atoms in total. The predicted octanol–water partition coefficient (Wildman–Crippen LogP) is 5.44. The van der Waals surface area contributed by atoms with Crippen LogP contribution in [0, 0.1) is 5.82 Å². The summed E-state index contributed by atoms with van der Waals surface area (Å²) in [5.74, 6) is -0.325. The first-order valence-electron chi connectivity index (χ1n) is 8.30. The van der Waals surface area contributed by atoms with Crippen molar-refractivity contribution in [3.8, 4) is 0 Å². The van der Waals surface area contributed by atoms with Gasteiger partial charge in [0.2, 0.25) is 0 Å². The SMILES string of the molecule is CSc1cc(F)ccc1C(CC(=O)C1=CNCC=C1)c1ccc(Br)cc1. The number of halogens is 2. The molecule has 3 rings (SSSR count). The van der Waals surface area contributed by atoms with E-state index in [0.717, 1.165) is 27.0 Å². The third-order valence-corrected chi connectivity index (χ3v) is 5.67. The number of ketones is 1. The van der Waals surface area contributed by atoms with Gasteiger partial charge in [-0.2, -0.15) is 0 Å². The monoisotopic (exact) mass is 431 g/mol. The molecule has 1 aliphatic heterocycles. The number of dihydropyridines is 1. The second-order valence-corrected chi connectivity index (χ2v) is 7.79. The predicted molar refractivity (Wildman–Crippen MR) is 109 cm³/mol. The molecule has 0 spiro atoms. The summed E-state index contributed by atoms with van der Waals surface area (Å²) in [5, 5.41) is 3.08. The highest BCUT2D eigenvalue weighted by Gasteiger charge is 2.23. The van der Waals surface area contributed by atoms with Gasteiger partial charge in [0.25, 0.3) is 0 Å². The molecule has 0 radical (unpaired) electrons. The molecule has 5 heteroatoms. The van der Waals surface area contributed by atoms with Gasteiger partial charge in [-0.3, -0.25) is 4.79 Å². The van der Waals surface area contributed by atoms with Crippen LogP contribution in [0.2, 0.25) is 0 Å². The number of hydrogen-bond donors (Lipinski definition) is 1. The van der Waals surface area contributed by atoms with Gasteiger partial charge in [0.05, 0.1) is 0 Å². The zero-order valence-corrected chi connectivity index (χ0v) is 16.7. The summed E-state index contributed by atoms with van der Waals surface area (Å²) >= 11 is 4.95. The number of Topliss-reactive ketones (excluding diaryl/α,β-unsaturated/α-hetero) is 1. The minimum Gasteiger partial charge on any atom is -0.387 e. The Labute approximate surface area is 165 Å². The highest BCUT2D eigenvalue weighted by Crippen LogP contribution is 2.36. The Kier molecular flexibility index (Phi) is 6.33. The molecule has 1 atom stereocenters. The fraction of sp³-hybridized carbons (Fsp3) is 0.190. The van der Waals surface area contributed by atoms with E-state index in [0.29, 0.717) is 12.0 Å². The molecule has 1 unspecified atom stereocenters. The minimum atomic E-state index is -0.263. The Morgan fingerprint density at radius 1 is 1.27 bits per heavy atom. The third kappa shape index (κ3) is 4.46. The number of carbonyl (C=O) groups excluding carboxylic acids is 1. The van der Waals surface area contributed by atoms with Gasteiger partial charge in [-0.25, -0.2) is 4.39 Å². The van der Waals surface area contributed by atoms with Gasteiger partial charge < -0.3 is 5.32 Å². The smallest absolute Gasteiger partial charge is 0.165 e. The number of thioether (sulfide) groups is 1. The lowest BCUT2D eigenvalue weighted by atomic mass is 9.85. The van der Waals surface area contributed by atoms with Crippen LogP contribution in [0.1, 0.15) is 23.5 Å². The van der Waals surface area contributed by atoms with E-state index in [1.807, 2.05) is 42.7 Å². The van der Waals surface area contributed by atoms with Crippen molar-refractivity contribution in [2.24, 2.45) is 0 Å². The number of nitrogens with one attached hydrogen (secondary N) is 1. The fourth-order valence-electron chi connectivity index (χ4n) is 3.02. The lowest BCUT2D eigenvalue weighted by molar-refractivity contribution is -0.115. The first-order valence-corrected chi connectivity index (χ1v) is 10.3. The van der Waals surface area contributed by atoms with Crippen LogP contribution in [0.4, 0.5) is 4.39 Å². The normalized spacial score (nSPS) is 14.5. The molecule has 26 heavy (non-hydrogen) atoms. The van der Waals surface area contributed by atoms with Crippen LogP contribution in [-0.4, -0.2) is 18.6 Å². The van der Waals surface area contributed by atoms with E-state index in [4.69, 9.17) is 0 Å². The largest absolute Gasteiger partial charge is 0.387 e. The molecule has 0 fully saturated rings. The maximum Gasteiger partial charge on any atom is 0.165 e. The van der Waals surface area contributed by atoms with Gasteiger partial charge in [-0.05, 0) is 41.6 Å². The van der Waals surface area contributed by atoms with Gasteiger partial charge >= 0.3 is 0 Å². The van der Waals surface area contributed by atoms with Crippen molar-refractivity contribution in [2.75, 3.05) is 12.8 Å². The lowest BCUT2D eigenvalue weighted by Crippen LogP contribution is -2.16. The molecule has 0 saturated carbocycles. The van der Waals surface area contributed by atoms with Crippen LogP contribution in [0.15, 0.2) is 75.8 Å². The van der Waals surface area contributed by atoms with Gasteiger partial charge in [-0.15, -0.1) is 11.8 Å². The van der Waals surface area contributed by atoms with Crippen LogP contribution in [0.25, 0.3) is 0 Å². The molecule has 0 bridgehead atoms. The fourth-order valence-corrected chi connectivity index (χ4v) is 3.96. The zero-order chi connectivity index (χ0) is 18.5. The van der Waals surface area contributed by atoms with Crippen molar-refractivity contribution >= 4 is 33.5 Å². The lowest BCUT2D eigenvalue weighted by Gasteiger charge is -2.21. The van der Waals surface area contributed by atoms with E-state index in [9.17, 15) is 9.18 Å². The van der Waals surface area contributed by atoms with Crippen molar-refractivity contribution in [3.05, 3.63) is 87.8 Å². The number of allylic oxidation sites excluding steroid dienone is 2. The van der Waals surface area contributed by atoms with E-state index >= 15 is 0 Å². The molecule has 2 aromatic rings. The van der Waals surface area contributed by atoms with Gasteiger partial charge in [0.1, 0.15) is 5.82 Å². The van der Waals surface area contributed by atoms with E-state index in [2.05, 4.69) is 21.2 Å². The summed E-state index contributed by atoms with van der Waals surface area (Å²) in [5.41, 5.74) is 2.69. The molecule has 1 heterocycles. The number of benzene rings is 2. The Morgan fingerprint density at radius 3 is 2.69 bits per heavy atom. The van der Waals surface area contributed by atoms with Crippen LogP contribution in [0.5, 0.6) is 0 Å². The minimum absolute atomic E-state index is 0.0674. The maximum atomic E-state index is 13.7. The van der Waals surface area contributed by atoms with Crippen LogP contribution in [-0.2, 0) is 4.79 Å². The number of rotatable bonds is 6. The standard InChI is InChI=1S/C21H19BrFNOS/c1-26-21-11-17(23)8-9-18(21)19(14-4-6-16(22)7-5-14)12-20(25)15-3-2-10-24-13-15/h2-9,11,13,19,24H,10,12H2,1H3. The van der Waals surface area contributed by atoms with E-state index in [-0.39, 0.29) is 17.5 Å². The second kappa shape index (κ2) is 8.69. The summed E-state index contributed by atoms with van der Waals surface area (Å²) in [6.07, 6.45) is 7.82. The van der Waals surface area contributed by atoms with Crippen LogP contribution < -0.4 is 5.32 Å². The summed E-state index contributed by atoms with van der Waals surface area (Å²) in [6.45, 7) is 0.738. The number of hydrogen-bond acceptors (Lipinski definition) is 3. The Bertz CT molecular complexity index is 861. The molecule has 134 valence electrons. The molecular weight excluding hydrogens is 413 g/mol. The molecule has 0 amide bonds. The topological polar surface area (TPSA) is 29.1 Å². The summed E-state index contributed by atoms with van der Waals surface area (Å²) in [7, 11) is 0. The maximum absolute atomic E-state index is 13.7. The van der Waals surface area contributed by atoms with E-state index in [1.54, 1.807) is 12.3 Å². The van der Waals surface area contributed by atoms with E-state index in [1.165, 1.54) is 23.9 Å². The van der Waals surface area contributed by atoms with Crippen molar-refractivity contribution in [1.29, 1.82) is 0 Å². The molecule has 1 aliphatic rings. The summed E-state index contributed by atoms with van der Waals surface area (Å²) in [4.78, 5) is 13.7. The molecule has 0 aromatic heterocycles. The average Bonchev–Trinajstić information content (AvgIpc) is 2.67. The first-order chi connectivity index (χ1) is 12.6. The molecule has 0 aliphatic carbocycles. The van der Waals surface area contributed by atoms with Crippen molar-refractivity contribution in [3.63, 3.8) is 0 Å². The van der Waals surface area contributed by atoms with Crippen molar-refractivity contribution < 1.29 is 9.18 Å². The quantitative estimate of drug-likeness (QED) is 0.616. The first kappa shape index (κ1) is 18.9.